The Kier molecular flexibility index (Phi) is 3.94. The van der Waals surface area contributed by atoms with Crippen LogP contribution < -0.4 is 5.73 Å². The first kappa shape index (κ1) is 12.6. The first-order valence-corrected chi connectivity index (χ1v) is 5.88. The van der Waals surface area contributed by atoms with E-state index in [0.29, 0.717) is 18.1 Å². The van der Waals surface area contributed by atoms with Crippen LogP contribution in [0.4, 0.5) is 5.69 Å². The van der Waals surface area contributed by atoms with E-state index in [0.717, 1.165) is 12.1 Å². The zero-order valence-electron chi connectivity index (χ0n) is 10.6. The summed E-state index contributed by atoms with van der Waals surface area (Å²) in [5.74, 6) is 1.22. The molecule has 0 radical (unpaired) electrons. The van der Waals surface area contributed by atoms with Gasteiger partial charge in [-0.05, 0) is 31.0 Å². The molecule has 0 fully saturated rings. The molecule has 1 aromatic carbocycles. The second-order valence-corrected chi connectivity index (χ2v) is 4.17. The van der Waals surface area contributed by atoms with Crippen LogP contribution in [0.1, 0.15) is 30.3 Å². The SMILES string of the molecule is COC(C)c1noc(CCc2ccc(N)cc2)n1. The molecule has 1 aromatic heterocycles. The summed E-state index contributed by atoms with van der Waals surface area (Å²) in [6.45, 7) is 1.88. The molecule has 2 aromatic rings. The Morgan fingerprint density at radius 1 is 1.28 bits per heavy atom. The number of nitrogens with two attached hydrogens (primary N) is 1. The summed E-state index contributed by atoms with van der Waals surface area (Å²) < 4.78 is 10.3. The van der Waals surface area contributed by atoms with Crippen molar-refractivity contribution in [3.63, 3.8) is 0 Å². The summed E-state index contributed by atoms with van der Waals surface area (Å²) in [5, 5.41) is 3.88. The van der Waals surface area contributed by atoms with Crippen molar-refractivity contribution >= 4 is 5.69 Å². The minimum absolute atomic E-state index is 0.140. The van der Waals surface area contributed by atoms with Crippen LogP contribution in [0.5, 0.6) is 0 Å². The zero-order chi connectivity index (χ0) is 13.0. The Hall–Kier alpha value is -1.88. The van der Waals surface area contributed by atoms with Crippen LogP contribution in [0, 0.1) is 0 Å². The molecule has 5 heteroatoms. The van der Waals surface area contributed by atoms with Gasteiger partial charge in [-0.2, -0.15) is 4.98 Å². The predicted molar refractivity (Wildman–Crippen MR) is 68.0 cm³/mol. The minimum atomic E-state index is -0.140. The number of nitrogen functional groups attached to an aromatic ring is 1. The lowest BCUT2D eigenvalue weighted by atomic mass is 10.1. The quantitative estimate of drug-likeness (QED) is 0.819. The number of benzene rings is 1. The lowest BCUT2D eigenvalue weighted by Gasteiger charge is -2.01. The number of aromatic nitrogens is 2. The van der Waals surface area contributed by atoms with Gasteiger partial charge < -0.3 is 15.0 Å². The van der Waals surface area contributed by atoms with Gasteiger partial charge in [0, 0.05) is 19.2 Å². The Bertz CT molecular complexity index is 493. The van der Waals surface area contributed by atoms with Crippen LogP contribution in [0.15, 0.2) is 28.8 Å². The van der Waals surface area contributed by atoms with Crippen LogP contribution in [0.25, 0.3) is 0 Å². The van der Waals surface area contributed by atoms with Crippen molar-refractivity contribution < 1.29 is 9.26 Å². The second-order valence-electron chi connectivity index (χ2n) is 4.17. The molecule has 5 nitrogen and oxygen atoms in total. The summed E-state index contributed by atoms with van der Waals surface area (Å²) in [6.07, 6.45) is 1.43. The molecular formula is C13H17N3O2. The van der Waals surface area contributed by atoms with Crippen LogP contribution in [-0.4, -0.2) is 17.3 Å². The molecule has 0 aliphatic heterocycles. The first-order valence-electron chi connectivity index (χ1n) is 5.88. The number of hydrogen-bond acceptors (Lipinski definition) is 5. The maximum absolute atomic E-state index is 5.63. The predicted octanol–water partition coefficient (Wildman–Crippen LogP) is 2.14. The van der Waals surface area contributed by atoms with E-state index >= 15 is 0 Å². The molecule has 0 bridgehead atoms. The highest BCUT2D eigenvalue weighted by Gasteiger charge is 2.12. The topological polar surface area (TPSA) is 74.2 Å². The Morgan fingerprint density at radius 3 is 2.67 bits per heavy atom. The highest BCUT2D eigenvalue weighted by Crippen LogP contribution is 2.13. The van der Waals surface area contributed by atoms with Crippen molar-refractivity contribution in [1.29, 1.82) is 0 Å². The molecule has 1 atom stereocenters. The monoisotopic (exact) mass is 247 g/mol. The molecule has 2 rings (SSSR count). The van der Waals surface area contributed by atoms with Gasteiger partial charge in [-0.15, -0.1) is 0 Å². The molecular weight excluding hydrogens is 230 g/mol. The van der Waals surface area contributed by atoms with Crippen molar-refractivity contribution in [1.82, 2.24) is 10.1 Å². The van der Waals surface area contributed by atoms with Crippen molar-refractivity contribution in [3.8, 4) is 0 Å². The first-order chi connectivity index (χ1) is 8.69. The van der Waals surface area contributed by atoms with Gasteiger partial charge in [0.05, 0.1) is 0 Å². The highest BCUT2D eigenvalue weighted by atomic mass is 16.5. The summed E-state index contributed by atoms with van der Waals surface area (Å²) in [7, 11) is 1.62. The Balaban J connectivity index is 1.94. The molecule has 0 aliphatic rings. The molecule has 1 unspecified atom stereocenters. The van der Waals surface area contributed by atoms with E-state index in [1.54, 1.807) is 7.11 Å². The largest absolute Gasteiger partial charge is 0.399 e. The number of rotatable bonds is 5. The second kappa shape index (κ2) is 5.64. The van der Waals surface area contributed by atoms with E-state index in [9.17, 15) is 0 Å². The molecule has 0 saturated carbocycles. The standard InChI is InChI=1S/C13H17N3O2/c1-9(17-2)13-15-12(18-16-13)8-5-10-3-6-11(14)7-4-10/h3-4,6-7,9H,5,8,14H2,1-2H3. The fraction of sp³-hybridized carbons (Fsp3) is 0.385. The van der Waals surface area contributed by atoms with E-state index in [2.05, 4.69) is 10.1 Å². The molecule has 0 spiro atoms. The lowest BCUT2D eigenvalue weighted by Crippen LogP contribution is -1.98. The van der Waals surface area contributed by atoms with Crippen LogP contribution in [-0.2, 0) is 17.6 Å². The molecule has 2 N–H and O–H groups in total. The average Bonchev–Trinajstić information content (AvgIpc) is 2.86. The smallest absolute Gasteiger partial charge is 0.227 e. The van der Waals surface area contributed by atoms with Gasteiger partial charge in [0.2, 0.25) is 5.89 Å². The molecule has 1 heterocycles. The van der Waals surface area contributed by atoms with Gasteiger partial charge in [-0.1, -0.05) is 17.3 Å². The maximum atomic E-state index is 5.63. The Labute approximate surface area is 106 Å². The number of nitrogens with zero attached hydrogens (tertiary/aromatic N) is 2. The van der Waals surface area contributed by atoms with Gasteiger partial charge in [-0.25, -0.2) is 0 Å². The fourth-order valence-corrected chi connectivity index (χ4v) is 1.58. The molecule has 18 heavy (non-hydrogen) atoms. The number of ether oxygens (including phenoxy) is 1. The van der Waals surface area contributed by atoms with Crippen molar-refractivity contribution in [2.75, 3.05) is 12.8 Å². The van der Waals surface area contributed by atoms with E-state index in [1.165, 1.54) is 5.56 Å². The van der Waals surface area contributed by atoms with Crippen LogP contribution >= 0.6 is 0 Å². The van der Waals surface area contributed by atoms with Gasteiger partial charge in [0.15, 0.2) is 5.82 Å². The summed E-state index contributed by atoms with van der Waals surface area (Å²) >= 11 is 0. The molecule has 96 valence electrons. The minimum Gasteiger partial charge on any atom is -0.399 e. The third kappa shape index (κ3) is 3.07. The van der Waals surface area contributed by atoms with Crippen LogP contribution in [0.2, 0.25) is 0 Å². The normalized spacial score (nSPS) is 12.6. The lowest BCUT2D eigenvalue weighted by molar-refractivity contribution is 0.109. The van der Waals surface area contributed by atoms with Gasteiger partial charge >= 0.3 is 0 Å². The number of anilines is 1. The van der Waals surface area contributed by atoms with Crippen molar-refractivity contribution in [3.05, 3.63) is 41.5 Å². The number of hydrogen-bond donors (Lipinski definition) is 1. The van der Waals surface area contributed by atoms with E-state index in [4.69, 9.17) is 15.0 Å². The average molecular weight is 247 g/mol. The molecule has 0 amide bonds. The van der Waals surface area contributed by atoms with Gasteiger partial charge in [0.1, 0.15) is 6.10 Å². The number of aryl methyl sites for hydroxylation is 2. The Morgan fingerprint density at radius 2 is 2.00 bits per heavy atom. The third-order valence-corrected chi connectivity index (χ3v) is 2.81. The number of methoxy groups -OCH3 is 1. The van der Waals surface area contributed by atoms with Gasteiger partial charge in [0.25, 0.3) is 0 Å². The van der Waals surface area contributed by atoms with E-state index in [-0.39, 0.29) is 6.10 Å². The zero-order valence-corrected chi connectivity index (χ0v) is 10.6. The van der Waals surface area contributed by atoms with Gasteiger partial charge in [-0.3, -0.25) is 0 Å². The molecule has 0 aliphatic carbocycles. The van der Waals surface area contributed by atoms with E-state index in [1.807, 2.05) is 31.2 Å². The van der Waals surface area contributed by atoms with Crippen LogP contribution in [0.3, 0.4) is 0 Å². The highest BCUT2D eigenvalue weighted by molar-refractivity contribution is 5.39. The fourth-order valence-electron chi connectivity index (χ4n) is 1.58. The van der Waals surface area contributed by atoms with E-state index < -0.39 is 0 Å². The van der Waals surface area contributed by atoms with Crippen molar-refractivity contribution in [2.45, 2.75) is 25.9 Å². The third-order valence-electron chi connectivity index (χ3n) is 2.81. The summed E-state index contributed by atoms with van der Waals surface area (Å²) in [5.41, 5.74) is 7.60. The molecule has 0 saturated heterocycles. The maximum Gasteiger partial charge on any atom is 0.227 e. The van der Waals surface area contributed by atoms with Crippen molar-refractivity contribution in [2.24, 2.45) is 0 Å². The summed E-state index contributed by atoms with van der Waals surface area (Å²) in [4.78, 5) is 4.29. The summed E-state index contributed by atoms with van der Waals surface area (Å²) in [6, 6.07) is 7.79.